The van der Waals surface area contributed by atoms with Crippen LogP contribution in [0.4, 0.5) is 0 Å². The number of hydrogen-bond donors (Lipinski definition) is 0. The van der Waals surface area contributed by atoms with E-state index in [1.807, 2.05) is 18.7 Å². The Morgan fingerprint density at radius 1 is 1.44 bits per heavy atom. The molecule has 0 saturated carbocycles. The van der Waals surface area contributed by atoms with Crippen molar-refractivity contribution in [3.8, 4) is 0 Å². The van der Waals surface area contributed by atoms with E-state index < -0.39 is 0 Å². The molecule has 1 atom stereocenters. The second-order valence-corrected chi connectivity index (χ2v) is 4.03. The first-order chi connectivity index (χ1) is 7.77. The zero-order valence-electron chi connectivity index (χ0n) is 10.4. The molecule has 0 bridgehead atoms. The minimum Gasteiger partial charge on any atom is -0.378 e. The van der Waals surface area contributed by atoms with Gasteiger partial charge in [0.2, 0.25) is 5.91 Å². The molecule has 1 aliphatic rings. The summed E-state index contributed by atoms with van der Waals surface area (Å²) in [6.07, 6.45) is 2.95. The number of rotatable bonds is 7. The molecule has 1 heterocycles. The van der Waals surface area contributed by atoms with Gasteiger partial charge in [0.25, 0.3) is 0 Å². The maximum absolute atomic E-state index is 11.6. The minimum absolute atomic E-state index is 0.178. The van der Waals surface area contributed by atoms with Crippen LogP contribution in [0.2, 0.25) is 0 Å². The van der Waals surface area contributed by atoms with Crippen molar-refractivity contribution in [2.75, 3.05) is 32.9 Å². The summed E-state index contributed by atoms with van der Waals surface area (Å²) in [6, 6.07) is 0. The van der Waals surface area contributed by atoms with E-state index in [1.165, 1.54) is 0 Å². The second-order valence-electron chi connectivity index (χ2n) is 4.03. The Kier molecular flexibility index (Phi) is 6.42. The van der Waals surface area contributed by atoms with Crippen molar-refractivity contribution < 1.29 is 14.3 Å². The van der Waals surface area contributed by atoms with Gasteiger partial charge in [0, 0.05) is 19.7 Å². The molecular formula is C12H23NO3. The zero-order valence-corrected chi connectivity index (χ0v) is 10.4. The summed E-state index contributed by atoms with van der Waals surface area (Å²) < 4.78 is 10.9. The molecule has 0 aromatic rings. The van der Waals surface area contributed by atoms with Gasteiger partial charge in [-0.1, -0.05) is 0 Å². The molecule has 1 saturated heterocycles. The van der Waals surface area contributed by atoms with Gasteiger partial charge in [-0.2, -0.15) is 0 Å². The first-order valence-corrected chi connectivity index (χ1v) is 6.25. The third-order valence-corrected chi connectivity index (χ3v) is 2.90. The van der Waals surface area contributed by atoms with Gasteiger partial charge < -0.3 is 14.4 Å². The first-order valence-electron chi connectivity index (χ1n) is 6.25. The fourth-order valence-corrected chi connectivity index (χ4v) is 1.88. The molecule has 0 radical (unpaired) electrons. The van der Waals surface area contributed by atoms with Gasteiger partial charge in [-0.15, -0.1) is 0 Å². The van der Waals surface area contributed by atoms with E-state index in [1.54, 1.807) is 0 Å². The number of carbonyl (C=O) groups excluding carboxylic acids is 1. The average molecular weight is 229 g/mol. The highest BCUT2D eigenvalue weighted by Crippen LogP contribution is 2.11. The summed E-state index contributed by atoms with van der Waals surface area (Å²) in [7, 11) is 0. The summed E-state index contributed by atoms with van der Waals surface area (Å²) in [5.41, 5.74) is 0. The normalized spacial score (nSPS) is 20.0. The largest absolute Gasteiger partial charge is 0.378 e. The molecule has 1 unspecified atom stereocenters. The molecule has 0 aromatic carbocycles. The van der Waals surface area contributed by atoms with Crippen molar-refractivity contribution in [1.29, 1.82) is 0 Å². The predicted octanol–water partition coefficient (Wildman–Crippen LogP) is 1.44. The fourth-order valence-electron chi connectivity index (χ4n) is 1.88. The van der Waals surface area contributed by atoms with Gasteiger partial charge in [0.1, 0.15) is 0 Å². The van der Waals surface area contributed by atoms with Crippen LogP contribution < -0.4 is 0 Å². The molecule has 0 spiro atoms. The smallest absolute Gasteiger partial charge is 0.224 e. The number of ether oxygens (including phenoxy) is 2. The molecule has 1 rings (SSSR count). The molecule has 1 aliphatic heterocycles. The Labute approximate surface area is 97.9 Å². The van der Waals surface area contributed by atoms with Crippen LogP contribution in [0.15, 0.2) is 0 Å². The minimum atomic E-state index is 0.178. The van der Waals surface area contributed by atoms with Gasteiger partial charge in [-0.25, -0.2) is 0 Å². The molecule has 94 valence electrons. The van der Waals surface area contributed by atoms with Crippen LogP contribution in [-0.4, -0.2) is 49.8 Å². The molecule has 1 amide bonds. The summed E-state index contributed by atoms with van der Waals surface area (Å²) in [6.45, 7) is 7.54. The van der Waals surface area contributed by atoms with Crippen molar-refractivity contribution in [2.45, 2.75) is 39.2 Å². The van der Waals surface area contributed by atoms with Crippen molar-refractivity contribution in [3.05, 3.63) is 0 Å². The van der Waals surface area contributed by atoms with Crippen LogP contribution in [0.25, 0.3) is 0 Å². The third kappa shape index (κ3) is 4.49. The highest BCUT2D eigenvalue weighted by molar-refractivity contribution is 5.76. The van der Waals surface area contributed by atoms with E-state index in [4.69, 9.17) is 9.47 Å². The molecule has 1 fully saturated rings. The van der Waals surface area contributed by atoms with Crippen LogP contribution >= 0.6 is 0 Å². The van der Waals surface area contributed by atoms with Crippen molar-refractivity contribution >= 4 is 5.91 Å². The summed E-state index contributed by atoms with van der Waals surface area (Å²) in [4.78, 5) is 13.4. The second kappa shape index (κ2) is 7.63. The molecule has 0 aromatic heterocycles. The Bertz CT molecular complexity index is 198. The SMILES string of the molecule is CCN(CC)C(=O)CCOCC1CCCO1. The molecule has 4 nitrogen and oxygen atoms in total. The monoisotopic (exact) mass is 229 g/mol. The van der Waals surface area contributed by atoms with E-state index in [9.17, 15) is 4.79 Å². The van der Waals surface area contributed by atoms with Gasteiger partial charge in [0.15, 0.2) is 0 Å². The predicted molar refractivity (Wildman–Crippen MR) is 62.3 cm³/mol. The van der Waals surface area contributed by atoms with Gasteiger partial charge in [-0.3, -0.25) is 4.79 Å². The number of hydrogen-bond acceptors (Lipinski definition) is 3. The van der Waals surface area contributed by atoms with Gasteiger partial charge in [-0.05, 0) is 26.7 Å². The Hall–Kier alpha value is -0.610. The molecule has 16 heavy (non-hydrogen) atoms. The van der Waals surface area contributed by atoms with E-state index in [0.29, 0.717) is 19.6 Å². The maximum Gasteiger partial charge on any atom is 0.224 e. The fraction of sp³-hybridized carbons (Fsp3) is 0.917. The van der Waals surface area contributed by atoms with Crippen LogP contribution in [0.5, 0.6) is 0 Å². The summed E-state index contributed by atoms with van der Waals surface area (Å²) in [5.74, 6) is 0.178. The maximum atomic E-state index is 11.6. The number of carbonyl (C=O) groups is 1. The highest BCUT2D eigenvalue weighted by atomic mass is 16.5. The highest BCUT2D eigenvalue weighted by Gasteiger charge is 2.15. The first kappa shape index (κ1) is 13.5. The van der Waals surface area contributed by atoms with Crippen molar-refractivity contribution in [3.63, 3.8) is 0 Å². The van der Waals surface area contributed by atoms with E-state index in [0.717, 1.165) is 32.5 Å². The molecular weight excluding hydrogens is 206 g/mol. The zero-order chi connectivity index (χ0) is 11.8. The van der Waals surface area contributed by atoms with E-state index >= 15 is 0 Å². The Morgan fingerprint density at radius 2 is 2.19 bits per heavy atom. The number of nitrogens with zero attached hydrogens (tertiary/aromatic N) is 1. The number of amides is 1. The third-order valence-electron chi connectivity index (χ3n) is 2.90. The lowest BCUT2D eigenvalue weighted by Gasteiger charge is -2.18. The van der Waals surface area contributed by atoms with E-state index in [2.05, 4.69) is 0 Å². The van der Waals surface area contributed by atoms with Crippen LogP contribution in [0.1, 0.15) is 33.1 Å². The van der Waals surface area contributed by atoms with Crippen molar-refractivity contribution in [2.24, 2.45) is 0 Å². The topological polar surface area (TPSA) is 38.8 Å². The standard InChI is InChI=1S/C12H23NO3/c1-3-13(4-2)12(14)7-9-15-10-11-6-5-8-16-11/h11H,3-10H2,1-2H3. The van der Waals surface area contributed by atoms with Crippen LogP contribution in [0, 0.1) is 0 Å². The van der Waals surface area contributed by atoms with Crippen molar-refractivity contribution in [1.82, 2.24) is 4.90 Å². The lowest BCUT2D eigenvalue weighted by atomic mass is 10.2. The quantitative estimate of drug-likeness (QED) is 0.620. The molecule has 0 aliphatic carbocycles. The average Bonchev–Trinajstić information content (AvgIpc) is 2.79. The summed E-state index contributed by atoms with van der Waals surface area (Å²) in [5, 5.41) is 0. The lowest BCUT2D eigenvalue weighted by molar-refractivity contribution is -0.132. The van der Waals surface area contributed by atoms with Gasteiger partial charge >= 0.3 is 0 Å². The summed E-state index contributed by atoms with van der Waals surface area (Å²) >= 11 is 0. The van der Waals surface area contributed by atoms with Crippen LogP contribution in [-0.2, 0) is 14.3 Å². The molecule has 0 N–H and O–H groups in total. The Morgan fingerprint density at radius 3 is 2.75 bits per heavy atom. The lowest BCUT2D eigenvalue weighted by Crippen LogP contribution is -2.31. The van der Waals surface area contributed by atoms with E-state index in [-0.39, 0.29) is 12.0 Å². The van der Waals surface area contributed by atoms with Crippen LogP contribution in [0.3, 0.4) is 0 Å². The molecule has 4 heteroatoms. The van der Waals surface area contributed by atoms with Gasteiger partial charge in [0.05, 0.1) is 25.7 Å². The Balaban J connectivity index is 2.03.